The molecule has 1 aliphatic rings. The molecule has 1 atom stereocenters. The third-order valence-electron chi connectivity index (χ3n) is 1.05. The van der Waals surface area contributed by atoms with Gasteiger partial charge in [0.2, 0.25) is 0 Å². The molecule has 0 radical (unpaired) electrons. The van der Waals surface area contributed by atoms with Crippen LogP contribution in [0.2, 0.25) is 0 Å². The van der Waals surface area contributed by atoms with Crippen molar-refractivity contribution < 1.29 is 8.78 Å². The van der Waals surface area contributed by atoms with Crippen molar-refractivity contribution in [1.82, 2.24) is 0 Å². The van der Waals surface area contributed by atoms with Crippen LogP contribution < -0.4 is 0 Å². The van der Waals surface area contributed by atoms with Gasteiger partial charge in [0.1, 0.15) is 0 Å². The molecule has 1 rings (SSSR count). The van der Waals surface area contributed by atoms with Crippen molar-refractivity contribution in [2.45, 2.75) is 17.6 Å². The van der Waals surface area contributed by atoms with Crippen LogP contribution in [-0.2, 0) is 0 Å². The molecule has 7 heavy (non-hydrogen) atoms. The van der Waals surface area contributed by atoms with Gasteiger partial charge in [0, 0.05) is 6.42 Å². The minimum atomic E-state index is -2.32. The highest BCUT2D eigenvalue weighted by molar-refractivity contribution is 7.99. The molecule has 0 aromatic heterocycles. The fraction of sp³-hybridized carbons (Fsp3) is 1.00. The average molecular weight is 124 g/mol. The van der Waals surface area contributed by atoms with Gasteiger partial charge >= 0.3 is 0 Å². The van der Waals surface area contributed by atoms with Crippen LogP contribution in [0.15, 0.2) is 0 Å². The van der Waals surface area contributed by atoms with Crippen molar-refractivity contribution in [3.05, 3.63) is 0 Å². The summed E-state index contributed by atoms with van der Waals surface area (Å²) in [4.78, 5) is 0. The molecule has 0 bridgehead atoms. The Morgan fingerprint density at radius 3 is 2.14 bits per heavy atom. The normalized spacial score (nSPS) is 35.6. The first-order valence-electron chi connectivity index (χ1n) is 2.07. The van der Waals surface area contributed by atoms with E-state index in [-0.39, 0.29) is 11.7 Å². The molecule has 1 saturated carbocycles. The standard InChI is InChI=1S/C4H6F2S/c1-7-3-2-4(3,5)6/h3H,2H2,1H3/t3-/m1/s1. The van der Waals surface area contributed by atoms with Crippen molar-refractivity contribution in [3.8, 4) is 0 Å². The second-order valence-corrected chi connectivity index (χ2v) is 2.73. The summed E-state index contributed by atoms with van der Waals surface area (Å²) in [6, 6.07) is 0. The molecular formula is C4H6F2S. The van der Waals surface area contributed by atoms with Gasteiger partial charge < -0.3 is 0 Å². The predicted molar refractivity (Wildman–Crippen MR) is 26.9 cm³/mol. The van der Waals surface area contributed by atoms with Crippen molar-refractivity contribution >= 4 is 11.8 Å². The third-order valence-corrected chi connectivity index (χ3v) is 2.13. The van der Waals surface area contributed by atoms with Crippen LogP contribution in [0.4, 0.5) is 8.78 Å². The van der Waals surface area contributed by atoms with Gasteiger partial charge in [0.25, 0.3) is 5.92 Å². The van der Waals surface area contributed by atoms with E-state index in [1.807, 2.05) is 0 Å². The van der Waals surface area contributed by atoms with Crippen LogP contribution in [0.1, 0.15) is 6.42 Å². The smallest absolute Gasteiger partial charge is 0.206 e. The molecule has 0 amide bonds. The van der Waals surface area contributed by atoms with E-state index in [1.54, 1.807) is 6.26 Å². The van der Waals surface area contributed by atoms with Gasteiger partial charge in [0.05, 0.1) is 5.25 Å². The number of alkyl halides is 2. The van der Waals surface area contributed by atoms with Gasteiger partial charge in [-0.25, -0.2) is 8.78 Å². The van der Waals surface area contributed by atoms with E-state index in [4.69, 9.17) is 0 Å². The Bertz CT molecular complexity index is 81.8. The van der Waals surface area contributed by atoms with E-state index < -0.39 is 5.92 Å². The highest BCUT2D eigenvalue weighted by atomic mass is 32.2. The highest BCUT2D eigenvalue weighted by Gasteiger charge is 2.56. The first-order valence-corrected chi connectivity index (χ1v) is 3.36. The lowest BCUT2D eigenvalue weighted by Gasteiger charge is -1.87. The SMILES string of the molecule is CS[C@@H]1CC1(F)F. The van der Waals surface area contributed by atoms with E-state index in [0.717, 1.165) is 0 Å². The Labute approximate surface area is 45.3 Å². The van der Waals surface area contributed by atoms with Gasteiger partial charge in [0.15, 0.2) is 0 Å². The molecule has 1 aliphatic carbocycles. The number of hydrogen-bond donors (Lipinski definition) is 0. The van der Waals surface area contributed by atoms with E-state index >= 15 is 0 Å². The van der Waals surface area contributed by atoms with Crippen molar-refractivity contribution in [1.29, 1.82) is 0 Å². The third kappa shape index (κ3) is 0.876. The molecule has 0 heterocycles. The molecule has 3 heteroatoms. The molecule has 0 aromatic carbocycles. The summed E-state index contributed by atoms with van der Waals surface area (Å²) in [6.07, 6.45) is 1.81. The summed E-state index contributed by atoms with van der Waals surface area (Å²) in [5.74, 6) is -2.32. The molecule has 0 saturated heterocycles. The van der Waals surface area contributed by atoms with Crippen LogP contribution in [0, 0.1) is 0 Å². The van der Waals surface area contributed by atoms with E-state index in [2.05, 4.69) is 0 Å². The quantitative estimate of drug-likeness (QED) is 0.513. The molecular weight excluding hydrogens is 118 g/mol. The van der Waals surface area contributed by atoms with Crippen molar-refractivity contribution in [2.75, 3.05) is 6.26 Å². The Morgan fingerprint density at radius 2 is 2.14 bits per heavy atom. The number of hydrogen-bond acceptors (Lipinski definition) is 1. The average Bonchev–Trinajstić information content (AvgIpc) is 2.13. The van der Waals surface area contributed by atoms with Gasteiger partial charge in [-0.1, -0.05) is 0 Å². The van der Waals surface area contributed by atoms with E-state index in [0.29, 0.717) is 0 Å². The zero-order valence-electron chi connectivity index (χ0n) is 3.95. The summed E-state index contributed by atoms with van der Waals surface area (Å²) in [5.41, 5.74) is 0. The minimum absolute atomic E-state index is 0.0914. The molecule has 0 aromatic rings. The zero-order chi connectivity index (χ0) is 5.49. The summed E-state index contributed by atoms with van der Waals surface area (Å²) >= 11 is 1.25. The molecule has 0 unspecified atom stereocenters. The molecule has 0 nitrogen and oxygen atoms in total. The Hall–Kier alpha value is 0.210. The maximum absolute atomic E-state index is 11.8. The summed E-state index contributed by atoms with van der Waals surface area (Å²) in [7, 11) is 0. The summed E-state index contributed by atoms with van der Waals surface area (Å²) in [5, 5.41) is -0.368. The lowest BCUT2D eigenvalue weighted by Crippen LogP contribution is -1.91. The first kappa shape index (κ1) is 5.35. The van der Waals surface area contributed by atoms with Gasteiger partial charge in [-0.2, -0.15) is 11.8 Å². The largest absolute Gasteiger partial charge is 0.261 e. The maximum Gasteiger partial charge on any atom is 0.261 e. The second-order valence-electron chi connectivity index (χ2n) is 1.69. The Morgan fingerprint density at radius 1 is 1.71 bits per heavy atom. The molecule has 0 N–H and O–H groups in total. The molecule has 42 valence electrons. The fourth-order valence-corrected chi connectivity index (χ4v) is 1.18. The first-order chi connectivity index (χ1) is 3.17. The minimum Gasteiger partial charge on any atom is -0.206 e. The van der Waals surface area contributed by atoms with Gasteiger partial charge in [-0.15, -0.1) is 0 Å². The van der Waals surface area contributed by atoms with Crippen molar-refractivity contribution in [2.24, 2.45) is 0 Å². The molecule has 0 aliphatic heterocycles. The van der Waals surface area contributed by atoms with Crippen LogP contribution in [0.3, 0.4) is 0 Å². The number of rotatable bonds is 1. The fourth-order valence-electron chi connectivity index (χ4n) is 0.444. The Kier molecular flexibility index (Phi) is 1.02. The van der Waals surface area contributed by atoms with Crippen LogP contribution >= 0.6 is 11.8 Å². The van der Waals surface area contributed by atoms with Gasteiger partial charge in [-0.3, -0.25) is 0 Å². The van der Waals surface area contributed by atoms with E-state index in [9.17, 15) is 8.78 Å². The topological polar surface area (TPSA) is 0 Å². The Balaban J connectivity index is 2.30. The maximum atomic E-state index is 11.8. The second kappa shape index (κ2) is 1.34. The lowest BCUT2D eigenvalue weighted by atomic mass is 10.8. The number of halogens is 2. The van der Waals surface area contributed by atoms with Crippen LogP contribution in [0.25, 0.3) is 0 Å². The van der Waals surface area contributed by atoms with E-state index in [1.165, 1.54) is 11.8 Å². The van der Waals surface area contributed by atoms with Crippen LogP contribution in [-0.4, -0.2) is 17.4 Å². The molecule has 1 fully saturated rings. The van der Waals surface area contributed by atoms with Gasteiger partial charge in [-0.05, 0) is 6.26 Å². The summed E-state index contributed by atoms with van der Waals surface area (Å²) in [6.45, 7) is 0. The molecule has 0 spiro atoms. The van der Waals surface area contributed by atoms with Crippen molar-refractivity contribution in [3.63, 3.8) is 0 Å². The monoisotopic (exact) mass is 124 g/mol. The van der Waals surface area contributed by atoms with Crippen LogP contribution in [0.5, 0.6) is 0 Å². The zero-order valence-corrected chi connectivity index (χ0v) is 4.77. The summed E-state index contributed by atoms with van der Waals surface area (Å²) < 4.78 is 23.6. The highest BCUT2D eigenvalue weighted by Crippen LogP contribution is 2.49. The predicted octanol–water partition coefficient (Wildman–Crippen LogP) is 1.76. The lowest BCUT2D eigenvalue weighted by molar-refractivity contribution is 0.122. The number of thioether (sulfide) groups is 1.